The number of methoxy groups -OCH3 is 1. The quantitative estimate of drug-likeness (QED) is 0.909. The summed E-state index contributed by atoms with van der Waals surface area (Å²) < 4.78 is 5.25. The second kappa shape index (κ2) is 6.06. The molecule has 0 unspecified atom stereocenters. The number of phenolic OH excluding ortho intramolecular Hbond substituents is 1. The zero-order valence-corrected chi connectivity index (χ0v) is 12.2. The van der Waals surface area contributed by atoms with Crippen LogP contribution >= 0.6 is 0 Å². The first kappa shape index (κ1) is 13.8. The molecule has 0 saturated carbocycles. The topological polar surface area (TPSA) is 44.7 Å². The first-order valence-corrected chi connectivity index (χ1v) is 7.17. The molecular weight excluding hydrogens is 264 g/mol. The average Bonchev–Trinajstić information content (AvgIpc) is 2.72. The average molecular weight is 284 g/mol. The van der Waals surface area contributed by atoms with Gasteiger partial charge in [0.1, 0.15) is 11.5 Å². The molecular formula is C17H20N2O2. The smallest absolute Gasteiger partial charge is 0.120 e. The van der Waals surface area contributed by atoms with Crippen molar-refractivity contribution in [3.63, 3.8) is 0 Å². The normalized spacial score (nSPS) is 14.4. The van der Waals surface area contributed by atoms with E-state index in [0.717, 1.165) is 30.9 Å². The Balaban J connectivity index is 1.91. The number of ether oxygens (including phenoxy) is 1. The van der Waals surface area contributed by atoms with E-state index in [-0.39, 0.29) is 0 Å². The van der Waals surface area contributed by atoms with Gasteiger partial charge in [0.2, 0.25) is 0 Å². The highest BCUT2D eigenvalue weighted by Gasteiger charge is 2.16. The molecule has 1 heterocycles. The number of fused-ring (bicyclic) bond motifs is 1. The monoisotopic (exact) mass is 284 g/mol. The minimum Gasteiger partial charge on any atom is -0.508 e. The molecule has 0 amide bonds. The third kappa shape index (κ3) is 2.95. The maximum absolute atomic E-state index is 10.1. The number of para-hydroxylation sites is 1. The zero-order valence-electron chi connectivity index (χ0n) is 12.2. The maximum Gasteiger partial charge on any atom is 0.120 e. The van der Waals surface area contributed by atoms with E-state index in [1.165, 1.54) is 11.3 Å². The molecule has 1 aliphatic rings. The summed E-state index contributed by atoms with van der Waals surface area (Å²) in [6.07, 6.45) is 0. The van der Waals surface area contributed by atoms with Crippen molar-refractivity contribution in [1.29, 1.82) is 0 Å². The van der Waals surface area contributed by atoms with Gasteiger partial charge in [-0.1, -0.05) is 18.2 Å². The Morgan fingerprint density at radius 1 is 1.24 bits per heavy atom. The fourth-order valence-corrected chi connectivity index (χ4v) is 2.71. The first-order chi connectivity index (χ1) is 10.3. The highest BCUT2D eigenvalue weighted by molar-refractivity contribution is 5.55. The van der Waals surface area contributed by atoms with Crippen LogP contribution in [0, 0.1) is 0 Å². The van der Waals surface area contributed by atoms with Crippen molar-refractivity contribution < 1.29 is 9.84 Å². The number of benzene rings is 2. The van der Waals surface area contributed by atoms with E-state index < -0.39 is 0 Å². The van der Waals surface area contributed by atoms with Crippen LogP contribution in [-0.2, 0) is 13.1 Å². The number of rotatable bonds is 3. The predicted molar refractivity (Wildman–Crippen MR) is 83.9 cm³/mol. The summed E-state index contributed by atoms with van der Waals surface area (Å²) >= 11 is 0. The summed E-state index contributed by atoms with van der Waals surface area (Å²) in [5.41, 5.74) is 3.40. The highest BCUT2D eigenvalue weighted by Crippen LogP contribution is 2.28. The van der Waals surface area contributed by atoms with Crippen LogP contribution < -0.4 is 15.0 Å². The van der Waals surface area contributed by atoms with Crippen LogP contribution in [0.5, 0.6) is 11.5 Å². The summed E-state index contributed by atoms with van der Waals surface area (Å²) in [5, 5.41) is 13.5. The van der Waals surface area contributed by atoms with Gasteiger partial charge in [0.25, 0.3) is 0 Å². The number of hydrogen-bond acceptors (Lipinski definition) is 4. The molecule has 0 aliphatic carbocycles. The highest BCUT2D eigenvalue weighted by atomic mass is 16.5. The Morgan fingerprint density at radius 3 is 2.95 bits per heavy atom. The van der Waals surface area contributed by atoms with Crippen LogP contribution in [0.2, 0.25) is 0 Å². The lowest BCUT2D eigenvalue weighted by Crippen LogP contribution is -2.28. The van der Waals surface area contributed by atoms with E-state index in [0.29, 0.717) is 12.3 Å². The largest absolute Gasteiger partial charge is 0.508 e. The van der Waals surface area contributed by atoms with Gasteiger partial charge in [-0.25, -0.2) is 0 Å². The summed E-state index contributed by atoms with van der Waals surface area (Å²) in [7, 11) is 1.64. The van der Waals surface area contributed by atoms with E-state index >= 15 is 0 Å². The molecule has 4 heteroatoms. The third-order valence-corrected chi connectivity index (χ3v) is 3.85. The Hall–Kier alpha value is -2.20. The van der Waals surface area contributed by atoms with Crippen molar-refractivity contribution >= 4 is 5.69 Å². The van der Waals surface area contributed by atoms with Gasteiger partial charge in [0.15, 0.2) is 0 Å². The van der Waals surface area contributed by atoms with E-state index in [4.69, 9.17) is 4.74 Å². The van der Waals surface area contributed by atoms with Crippen LogP contribution in [0.15, 0.2) is 42.5 Å². The number of nitrogens with zero attached hydrogens (tertiary/aromatic N) is 1. The molecule has 0 bridgehead atoms. The molecule has 0 spiro atoms. The Morgan fingerprint density at radius 2 is 2.10 bits per heavy atom. The fraction of sp³-hybridized carbons (Fsp3) is 0.294. The molecule has 0 saturated heterocycles. The minimum absolute atomic E-state index is 0.311. The van der Waals surface area contributed by atoms with Crippen LogP contribution in [0.25, 0.3) is 0 Å². The molecule has 0 atom stereocenters. The van der Waals surface area contributed by atoms with E-state index in [9.17, 15) is 5.11 Å². The number of phenols is 1. The molecule has 2 N–H and O–H groups in total. The van der Waals surface area contributed by atoms with Crippen molar-refractivity contribution in [2.75, 3.05) is 25.1 Å². The lowest BCUT2D eigenvalue weighted by Gasteiger charge is -2.25. The molecule has 110 valence electrons. The number of aromatic hydroxyl groups is 1. The van der Waals surface area contributed by atoms with Crippen LogP contribution in [-0.4, -0.2) is 25.3 Å². The minimum atomic E-state index is 0.311. The van der Waals surface area contributed by atoms with Gasteiger partial charge in [0, 0.05) is 37.4 Å². The molecule has 3 rings (SSSR count). The molecule has 21 heavy (non-hydrogen) atoms. The van der Waals surface area contributed by atoms with Gasteiger partial charge in [-0.2, -0.15) is 0 Å². The maximum atomic E-state index is 10.1. The van der Waals surface area contributed by atoms with Gasteiger partial charge < -0.3 is 20.1 Å². The predicted octanol–water partition coefficient (Wildman–Crippen LogP) is 2.51. The molecule has 2 aromatic carbocycles. The molecule has 0 aromatic heterocycles. The SMILES string of the molecule is COc1ccc(O)c(CN2CCNCc3ccccc32)c1. The summed E-state index contributed by atoms with van der Waals surface area (Å²) in [4.78, 5) is 2.30. The second-order valence-electron chi connectivity index (χ2n) is 5.22. The molecule has 0 radical (unpaired) electrons. The molecule has 4 nitrogen and oxygen atoms in total. The summed E-state index contributed by atoms with van der Waals surface area (Å²) in [5.74, 6) is 1.08. The van der Waals surface area contributed by atoms with Gasteiger partial charge >= 0.3 is 0 Å². The van der Waals surface area contributed by atoms with E-state index in [1.807, 2.05) is 6.07 Å². The van der Waals surface area contributed by atoms with Gasteiger partial charge in [0.05, 0.1) is 7.11 Å². The first-order valence-electron chi connectivity index (χ1n) is 7.17. The van der Waals surface area contributed by atoms with E-state index in [1.54, 1.807) is 19.2 Å². The number of nitrogens with one attached hydrogen (secondary N) is 1. The Kier molecular flexibility index (Phi) is 3.97. The zero-order chi connectivity index (χ0) is 14.7. The van der Waals surface area contributed by atoms with E-state index in [2.05, 4.69) is 34.5 Å². The molecule has 1 aliphatic heterocycles. The molecule has 0 fully saturated rings. The lowest BCUT2D eigenvalue weighted by atomic mass is 10.1. The summed E-state index contributed by atoms with van der Waals surface area (Å²) in [6.45, 7) is 3.39. The van der Waals surface area contributed by atoms with Gasteiger partial charge in [-0.15, -0.1) is 0 Å². The second-order valence-corrected chi connectivity index (χ2v) is 5.22. The Bertz CT molecular complexity index is 628. The number of hydrogen-bond donors (Lipinski definition) is 2. The van der Waals surface area contributed by atoms with Crippen molar-refractivity contribution in [3.8, 4) is 11.5 Å². The van der Waals surface area contributed by atoms with Crippen LogP contribution in [0.3, 0.4) is 0 Å². The number of anilines is 1. The summed E-state index contributed by atoms with van der Waals surface area (Å²) in [6, 6.07) is 13.8. The van der Waals surface area contributed by atoms with Gasteiger partial charge in [-0.3, -0.25) is 0 Å². The van der Waals surface area contributed by atoms with Crippen molar-refractivity contribution in [3.05, 3.63) is 53.6 Å². The van der Waals surface area contributed by atoms with Crippen LogP contribution in [0.4, 0.5) is 5.69 Å². The van der Waals surface area contributed by atoms with Crippen molar-refractivity contribution in [2.24, 2.45) is 0 Å². The third-order valence-electron chi connectivity index (χ3n) is 3.85. The standard InChI is InChI=1S/C17H20N2O2/c1-21-15-6-7-17(20)14(10-15)12-19-9-8-18-11-13-4-2-3-5-16(13)19/h2-7,10,18,20H,8-9,11-12H2,1H3. The van der Waals surface area contributed by atoms with Crippen molar-refractivity contribution in [1.82, 2.24) is 5.32 Å². The Labute approximate surface area is 125 Å². The molecule has 2 aromatic rings. The lowest BCUT2D eigenvalue weighted by molar-refractivity contribution is 0.410. The van der Waals surface area contributed by atoms with Crippen LogP contribution in [0.1, 0.15) is 11.1 Å². The van der Waals surface area contributed by atoms with Gasteiger partial charge in [-0.05, 0) is 29.8 Å². The fourth-order valence-electron chi connectivity index (χ4n) is 2.71. The van der Waals surface area contributed by atoms with Crippen molar-refractivity contribution in [2.45, 2.75) is 13.1 Å².